The zero-order chi connectivity index (χ0) is 16.2. The van der Waals surface area contributed by atoms with Crippen LogP contribution in [0.4, 0.5) is 0 Å². The van der Waals surface area contributed by atoms with Crippen LogP contribution in [0.15, 0.2) is 59.1 Å². The summed E-state index contributed by atoms with van der Waals surface area (Å²) in [6, 6.07) is 18.4. The van der Waals surface area contributed by atoms with E-state index in [1.165, 1.54) is 5.56 Å². The predicted molar refractivity (Wildman–Crippen MR) is 94.2 cm³/mol. The number of hydrogen-bond donors (Lipinski definition) is 1. The van der Waals surface area contributed by atoms with Crippen molar-refractivity contribution in [2.24, 2.45) is 5.92 Å². The Labute approximate surface area is 141 Å². The van der Waals surface area contributed by atoms with Crippen molar-refractivity contribution >= 4 is 11.0 Å². The fraction of sp³-hybridized carbons (Fsp3) is 0.350. The number of aromatic nitrogens is 1. The lowest BCUT2D eigenvalue weighted by Gasteiger charge is -2.30. The van der Waals surface area contributed by atoms with Gasteiger partial charge in [-0.25, -0.2) is 0 Å². The van der Waals surface area contributed by atoms with Crippen LogP contribution in [0.1, 0.15) is 18.4 Å². The standard InChI is InChI=1S/C20H22N2O2/c1-2-6-15(7-3-1)14-19(16-10-12-21-13-11-16)23-20-17-8-4-5-9-18(17)24-22-20/h1-9,16,19,21H,10-14H2. The summed E-state index contributed by atoms with van der Waals surface area (Å²) in [5.41, 5.74) is 2.07. The fourth-order valence-corrected chi connectivity index (χ4v) is 3.46. The van der Waals surface area contributed by atoms with E-state index in [4.69, 9.17) is 9.26 Å². The molecule has 1 aromatic heterocycles. The third-order valence-electron chi connectivity index (χ3n) is 4.80. The van der Waals surface area contributed by atoms with Gasteiger partial charge in [0.1, 0.15) is 6.10 Å². The van der Waals surface area contributed by atoms with E-state index in [1.807, 2.05) is 24.3 Å². The van der Waals surface area contributed by atoms with Crippen LogP contribution in [-0.2, 0) is 6.42 Å². The van der Waals surface area contributed by atoms with E-state index in [0.717, 1.165) is 43.3 Å². The zero-order valence-corrected chi connectivity index (χ0v) is 13.7. The first-order valence-electron chi connectivity index (χ1n) is 8.66. The molecule has 1 aliphatic heterocycles. The second-order valence-corrected chi connectivity index (χ2v) is 6.42. The predicted octanol–water partition coefficient (Wildman–Crippen LogP) is 3.82. The van der Waals surface area contributed by atoms with Crippen molar-refractivity contribution in [2.75, 3.05) is 13.1 Å². The molecular weight excluding hydrogens is 300 g/mol. The monoisotopic (exact) mass is 322 g/mol. The quantitative estimate of drug-likeness (QED) is 0.776. The lowest BCUT2D eigenvalue weighted by Crippen LogP contribution is -2.38. The average molecular weight is 322 g/mol. The van der Waals surface area contributed by atoms with Gasteiger partial charge in [-0.1, -0.05) is 42.5 Å². The smallest absolute Gasteiger partial charge is 0.262 e. The van der Waals surface area contributed by atoms with Crippen molar-refractivity contribution in [3.05, 3.63) is 60.2 Å². The van der Waals surface area contributed by atoms with Crippen LogP contribution in [0.3, 0.4) is 0 Å². The lowest BCUT2D eigenvalue weighted by atomic mass is 9.88. The Morgan fingerprint density at radius 3 is 2.62 bits per heavy atom. The van der Waals surface area contributed by atoms with Crippen LogP contribution >= 0.6 is 0 Å². The number of hydrogen-bond acceptors (Lipinski definition) is 4. The molecule has 0 bridgehead atoms. The van der Waals surface area contributed by atoms with Gasteiger partial charge < -0.3 is 14.6 Å². The van der Waals surface area contributed by atoms with Crippen molar-refractivity contribution in [3.8, 4) is 5.88 Å². The molecule has 1 fully saturated rings. The van der Waals surface area contributed by atoms with Gasteiger partial charge in [-0.05, 0) is 54.7 Å². The third kappa shape index (κ3) is 3.29. The topological polar surface area (TPSA) is 47.3 Å². The van der Waals surface area contributed by atoms with E-state index in [1.54, 1.807) is 0 Å². The molecule has 24 heavy (non-hydrogen) atoms. The second-order valence-electron chi connectivity index (χ2n) is 6.42. The minimum absolute atomic E-state index is 0.114. The molecule has 1 saturated heterocycles. The van der Waals surface area contributed by atoms with Gasteiger partial charge in [0, 0.05) is 6.42 Å². The summed E-state index contributed by atoms with van der Waals surface area (Å²) in [6.07, 6.45) is 3.27. The van der Waals surface area contributed by atoms with Crippen molar-refractivity contribution in [3.63, 3.8) is 0 Å². The summed E-state index contributed by atoms with van der Waals surface area (Å²) in [6.45, 7) is 2.11. The van der Waals surface area contributed by atoms with Gasteiger partial charge in [-0.15, -0.1) is 0 Å². The molecule has 0 spiro atoms. The maximum absolute atomic E-state index is 6.38. The molecule has 0 amide bonds. The van der Waals surface area contributed by atoms with Gasteiger partial charge in [0.25, 0.3) is 5.88 Å². The van der Waals surface area contributed by atoms with E-state index < -0.39 is 0 Å². The molecule has 124 valence electrons. The number of rotatable bonds is 5. The molecule has 1 aliphatic rings. The van der Waals surface area contributed by atoms with Crippen molar-refractivity contribution in [1.29, 1.82) is 0 Å². The molecule has 4 rings (SSSR count). The Morgan fingerprint density at radius 1 is 1.04 bits per heavy atom. The van der Waals surface area contributed by atoms with E-state index in [2.05, 4.69) is 40.8 Å². The molecule has 4 nitrogen and oxygen atoms in total. The summed E-state index contributed by atoms with van der Waals surface area (Å²) < 4.78 is 11.8. The number of ether oxygens (including phenoxy) is 1. The first-order chi connectivity index (χ1) is 11.9. The van der Waals surface area contributed by atoms with Gasteiger partial charge in [0.2, 0.25) is 0 Å². The van der Waals surface area contributed by atoms with E-state index in [-0.39, 0.29) is 6.10 Å². The first kappa shape index (κ1) is 15.2. The Kier molecular flexibility index (Phi) is 4.47. The first-order valence-corrected chi connectivity index (χ1v) is 8.66. The molecule has 3 aromatic rings. The lowest BCUT2D eigenvalue weighted by molar-refractivity contribution is 0.104. The molecule has 1 atom stereocenters. The Balaban J connectivity index is 1.59. The molecule has 2 aromatic carbocycles. The van der Waals surface area contributed by atoms with E-state index >= 15 is 0 Å². The molecule has 0 aliphatic carbocycles. The Morgan fingerprint density at radius 2 is 1.79 bits per heavy atom. The summed E-state index contributed by atoms with van der Waals surface area (Å²) in [7, 11) is 0. The van der Waals surface area contributed by atoms with E-state index in [9.17, 15) is 0 Å². The van der Waals surface area contributed by atoms with Crippen molar-refractivity contribution in [2.45, 2.75) is 25.4 Å². The largest absolute Gasteiger partial charge is 0.471 e. The van der Waals surface area contributed by atoms with Gasteiger partial charge in [0.15, 0.2) is 5.58 Å². The number of fused-ring (bicyclic) bond motifs is 1. The number of nitrogens with zero attached hydrogens (tertiary/aromatic N) is 1. The average Bonchev–Trinajstić information content (AvgIpc) is 3.06. The second kappa shape index (κ2) is 7.05. The molecule has 1 unspecified atom stereocenters. The van der Waals surface area contributed by atoms with Crippen LogP contribution in [0.25, 0.3) is 11.0 Å². The van der Waals surface area contributed by atoms with Gasteiger partial charge in [0.05, 0.1) is 5.39 Å². The third-order valence-corrected chi connectivity index (χ3v) is 4.80. The highest BCUT2D eigenvalue weighted by Gasteiger charge is 2.27. The molecule has 4 heteroatoms. The summed E-state index contributed by atoms with van der Waals surface area (Å²) in [5, 5.41) is 8.54. The summed E-state index contributed by atoms with van der Waals surface area (Å²) >= 11 is 0. The summed E-state index contributed by atoms with van der Waals surface area (Å²) in [5.74, 6) is 1.15. The maximum Gasteiger partial charge on any atom is 0.262 e. The van der Waals surface area contributed by atoms with Crippen molar-refractivity contribution in [1.82, 2.24) is 10.5 Å². The number of nitrogens with one attached hydrogen (secondary N) is 1. The fourth-order valence-electron chi connectivity index (χ4n) is 3.46. The Hall–Kier alpha value is -2.33. The number of piperidine rings is 1. The van der Waals surface area contributed by atoms with Gasteiger partial charge >= 0.3 is 0 Å². The maximum atomic E-state index is 6.38. The zero-order valence-electron chi connectivity index (χ0n) is 13.7. The molecule has 0 radical (unpaired) electrons. The van der Waals surface area contributed by atoms with Crippen LogP contribution in [0, 0.1) is 5.92 Å². The number of para-hydroxylation sites is 1. The van der Waals surface area contributed by atoms with Gasteiger partial charge in [-0.3, -0.25) is 0 Å². The molecule has 0 saturated carbocycles. The molecular formula is C20H22N2O2. The van der Waals surface area contributed by atoms with Gasteiger partial charge in [-0.2, -0.15) is 0 Å². The normalized spacial score (nSPS) is 17.0. The SMILES string of the molecule is c1ccc(CC(Oc2noc3ccccc23)C2CCNCC2)cc1. The van der Waals surface area contributed by atoms with Crippen LogP contribution in [0.5, 0.6) is 5.88 Å². The van der Waals surface area contributed by atoms with Crippen LogP contribution < -0.4 is 10.1 Å². The highest BCUT2D eigenvalue weighted by molar-refractivity contribution is 5.81. The highest BCUT2D eigenvalue weighted by Crippen LogP contribution is 2.29. The van der Waals surface area contributed by atoms with Crippen LogP contribution in [0.2, 0.25) is 0 Å². The minimum Gasteiger partial charge on any atom is -0.471 e. The minimum atomic E-state index is 0.114. The number of benzene rings is 2. The van der Waals surface area contributed by atoms with Crippen molar-refractivity contribution < 1.29 is 9.26 Å². The van der Waals surface area contributed by atoms with E-state index in [0.29, 0.717) is 11.8 Å². The highest BCUT2D eigenvalue weighted by atomic mass is 16.5. The molecule has 1 N–H and O–H groups in total. The Bertz CT molecular complexity index is 778. The van der Waals surface area contributed by atoms with Crippen LogP contribution in [-0.4, -0.2) is 24.4 Å². The summed E-state index contributed by atoms with van der Waals surface area (Å²) in [4.78, 5) is 0. The molecule has 2 heterocycles.